The summed E-state index contributed by atoms with van der Waals surface area (Å²) in [5.74, 6) is -0.648. The van der Waals surface area contributed by atoms with Gasteiger partial charge in [0.05, 0.1) is 16.2 Å². The van der Waals surface area contributed by atoms with E-state index in [0.717, 1.165) is 25.3 Å². The fourth-order valence-electron chi connectivity index (χ4n) is 3.48. The summed E-state index contributed by atoms with van der Waals surface area (Å²) in [6.45, 7) is 1.22. The lowest BCUT2D eigenvalue weighted by Crippen LogP contribution is -2.35. The first-order valence-electron chi connectivity index (χ1n) is 10.3. The van der Waals surface area contributed by atoms with Gasteiger partial charge in [-0.3, -0.25) is 14.9 Å². The molecule has 2 aromatic rings. The predicted octanol–water partition coefficient (Wildman–Crippen LogP) is 2.68. The van der Waals surface area contributed by atoms with Crippen molar-refractivity contribution in [2.24, 2.45) is 0 Å². The summed E-state index contributed by atoms with van der Waals surface area (Å²) in [5.41, 5.74) is 0.485. The van der Waals surface area contributed by atoms with E-state index >= 15 is 0 Å². The highest BCUT2D eigenvalue weighted by Gasteiger charge is 2.28. The van der Waals surface area contributed by atoms with Gasteiger partial charge in [0.1, 0.15) is 11.5 Å². The molecule has 32 heavy (non-hydrogen) atoms. The molecule has 0 bridgehead atoms. The summed E-state index contributed by atoms with van der Waals surface area (Å²) >= 11 is 0. The van der Waals surface area contributed by atoms with Crippen LogP contribution in [0.3, 0.4) is 0 Å². The third-order valence-electron chi connectivity index (χ3n) is 5.16. The Bertz CT molecular complexity index is 1070. The highest BCUT2D eigenvalue weighted by atomic mass is 32.2. The van der Waals surface area contributed by atoms with Crippen molar-refractivity contribution in [1.82, 2.24) is 9.62 Å². The number of hydrogen-bond acceptors (Lipinski definition) is 6. The van der Waals surface area contributed by atoms with Gasteiger partial charge in [-0.05, 0) is 42.7 Å². The molecule has 0 radical (unpaired) electrons. The second-order valence-corrected chi connectivity index (χ2v) is 9.42. The minimum absolute atomic E-state index is 0.0868. The molecule has 1 fully saturated rings. The zero-order chi connectivity index (χ0) is 23.1. The summed E-state index contributed by atoms with van der Waals surface area (Å²) in [5, 5.41) is 17.0. The molecule has 1 aliphatic heterocycles. The Morgan fingerprint density at radius 3 is 2.41 bits per heavy atom. The monoisotopic (exact) mass is 464 g/mol. The van der Waals surface area contributed by atoms with Gasteiger partial charge in [0.2, 0.25) is 15.9 Å². The van der Waals surface area contributed by atoms with Crippen LogP contribution in [0.1, 0.15) is 24.8 Å². The lowest BCUT2D eigenvalue weighted by atomic mass is 10.1. The van der Waals surface area contributed by atoms with Crippen molar-refractivity contribution in [3.05, 3.63) is 64.0 Å². The fraction of sp³-hybridized carbons (Fsp3) is 0.381. The van der Waals surface area contributed by atoms with E-state index in [0.29, 0.717) is 18.7 Å². The number of amides is 1. The molecule has 11 heteroatoms. The van der Waals surface area contributed by atoms with E-state index in [4.69, 9.17) is 0 Å². The number of piperidine rings is 1. The van der Waals surface area contributed by atoms with Gasteiger partial charge in [-0.2, -0.15) is 4.31 Å². The van der Waals surface area contributed by atoms with E-state index < -0.39 is 14.9 Å². The van der Waals surface area contributed by atoms with E-state index in [1.54, 1.807) is 0 Å². The molecule has 2 N–H and O–H groups in total. The quantitative estimate of drug-likeness (QED) is 0.334. The second-order valence-electron chi connectivity index (χ2n) is 7.48. The van der Waals surface area contributed by atoms with E-state index in [2.05, 4.69) is 10.6 Å². The molecule has 1 amide bonds. The molecule has 172 valence electrons. The first-order chi connectivity index (χ1) is 15.3. The molecule has 9 nitrogen and oxygen atoms in total. The maximum Gasteiger partial charge on any atom is 0.293 e. The maximum atomic E-state index is 12.9. The second kappa shape index (κ2) is 10.5. The number of carbonyl (C=O) groups is 1. The van der Waals surface area contributed by atoms with Crippen molar-refractivity contribution in [2.45, 2.75) is 30.6 Å². The van der Waals surface area contributed by atoms with Gasteiger partial charge in [0.15, 0.2) is 0 Å². The number of carbonyl (C=O) groups excluding carboxylic acids is 1. The molecule has 1 saturated heterocycles. The largest absolute Gasteiger partial charge is 0.378 e. The van der Waals surface area contributed by atoms with Gasteiger partial charge >= 0.3 is 0 Å². The van der Waals surface area contributed by atoms with Crippen LogP contribution in [0, 0.1) is 15.9 Å². The molecule has 1 heterocycles. The number of nitrogens with one attached hydrogen (secondary N) is 2. The Morgan fingerprint density at radius 1 is 1.06 bits per heavy atom. The van der Waals surface area contributed by atoms with Gasteiger partial charge in [-0.25, -0.2) is 12.8 Å². The molecule has 0 spiro atoms. The van der Waals surface area contributed by atoms with Crippen LogP contribution in [0.5, 0.6) is 0 Å². The molecule has 3 rings (SSSR count). The van der Waals surface area contributed by atoms with Crippen molar-refractivity contribution in [3.63, 3.8) is 0 Å². The standard InChI is InChI=1S/C21H25FN4O5S/c22-17-6-4-16(5-7-17)14-21(27)24-11-10-23-19-9-8-18(15-20(19)26(28)29)32(30,31)25-12-2-1-3-13-25/h4-9,15,23H,1-3,10-14H2,(H,24,27). The first-order valence-corrected chi connectivity index (χ1v) is 11.7. The average Bonchev–Trinajstić information content (AvgIpc) is 2.78. The third-order valence-corrected chi connectivity index (χ3v) is 7.05. The van der Waals surface area contributed by atoms with Crippen molar-refractivity contribution in [2.75, 3.05) is 31.5 Å². The number of nitrogens with zero attached hydrogens (tertiary/aromatic N) is 2. The van der Waals surface area contributed by atoms with E-state index in [1.165, 1.54) is 40.7 Å². The highest BCUT2D eigenvalue weighted by Crippen LogP contribution is 2.29. The van der Waals surface area contributed by atoms with Crippen LogP contribution < -0.4 is 10.6 Å². The number of nitro groups is 1. The van der Waals surface area contributed by atoms with Gasteiger partial charge in [0.25, 0.3) is 5.69 Å². The number of benzene rings is 2. The Kier molecular flexibility index (Phi) is 7.75. The van der Waals surface area contributed by atoms with E-state index in [-0.39, 0.29) is 47.5 Å². The Morgan fingerprint density at radius 2 is 1.75 bits per heavy atom. The third kappa shape index (κ3) is 6.01. The van der Waals surface area contributed by atoms with Crippen LogP contribution in [0.2, 0.25) is 0 Å². The average molecular weight is 465 g/mol. The topological polar surface area (TPSA) is 122 Å². The summed E-state index contributed by atoms with van der Waals surface area (Å²) in [7, 11) is -3.78. The zero-order valence-corrected chi connectivity index (χ0v) is 18.2. The van der Waals surface area contributed by atoms with Gasteiger partial charge in [-0.15, -0.1) is 0 Å². The van der Waals surface area contributed by atoms with Crippen LogP contribution >= 0.6 is 0 Å². The first kappa shape index (κ1) is 23.6. The van der Waals surface area contributed by atoms with Crippen LogP contribution in [0.15, 0.2) is 47.4 Å². The molecule has 0 unspecified atom stereocenters. The Labute approximate surface area is 185 Å². The van der Waals surface area contributed by atoms with Crippen LogP contribution in [0.4, 0.5) is 15.8 Å². The van der Waals surface area contributed by atoms with Crippen LogP contribution in [-0.4, -0.2) is 49.7 Å². The fourth-order valence-corrected chi connectivity index (χ4v) is 5.01. The number of nitro benzene ring substituents is 1. The van der Waals surface area contributed by atoms with Crippen molar-refractivity contribution in [3.8, 4) is 0 Å². The summed E-state index contributed by atoms with van der Waals surface area (Å²) in [4.78, 5) is 22.7. The predicted molar refractivity (Wildman–Crippen MR) is 117 cm³/mol. The van der Waals surface area contributed by atoms with Gasteiger partial charge < -0.3 is 10.6 Å². The number of sulfonamides is 1. The van der Waals surface area contributed by atoms with Crippen molar-refractivity contribution in [1.29, 1.82) is 0 Å². The summed E-state index contributed by atoms with van der Waals surface area (Å²) in [6, 6.07) is 9.39. The van der Waals surface area contributed by atoms with Crippen molar-refractivity contribution < 1.29 is 22.5 Å². The Balaban J connectivity index is 1.58. The number of anilines is 1. The Hall–Kier alpha value is -3.05. The molecular weight excluding hydrogens is 439 g/mol. The van der Waals surface area contributed by atoms with Gasteiger partial charge in [0, 0.05) is 32.2 Å². The molecule has 0 aliphatic carbocycles. The smallest absolute Gasteiger partial charge is 0.293 e. The normalized spacial score (nSPS) is 14.7. The zero-order valence-electron chi connectivity index (χ0n) is 17.4. The molecular formula is C21H25FN4O5S. The minimum Gasteiger partial charge on any atom is -0.378 e. The molecule has 0 aromatic heterocycles. The number of rotatable bonds is 9. The lowest BCUT2D eigenvalue weighted by molar-refractivity contribution is -0.384. The molecule has 1 aliphatic rings. The van der Waals surface area contributed by atoms with Crippen LogP contribution in [-0.2, 0) is 21.2 Å². The van der Waals surface area contributed by atoms with Gasteiger partial charge in [-0.1, -0.05) is 18.6 Å². The number of halogens is 1. The minimum atomic E-state index is -3.78. The number of hydrogen-bond donors (Lipinski definition) is 2. The molecule has 2 aromatic carbocycles. The molecule has 0 atom stereocenters. The van der Waals surface area contributed by atoms with Crippen LogP contribution in [0.25, 0.3) is 0 Å². The van der Waals surface area contributed by atoms with Crippen molar-refractivity contribution >= 4 is 27.3 Å². The molecule has 0 saturated carbocycles. The summed E-state index contributed by atoms with van der Waals surface area (Å²) in [6.07, 6.45) is 2.60. The highest BCUT2D eigenvalue weighted by molar-refractivity contribution is 7.89. The van der Waals surface area contributed by atoms with E-state index in [1.807, 2.05) is 0 Å². The maximum absolute atomic E-state index is 12.9. The SMILES string of the molecule is O=C(Cc1ccc(F)cc1)NCCNc1ccc(S(=O)(=O)N2CCCCC2)cc1[N+](=O)[O-]. The lowest BCUT2D eigenvalue weighted by Gasteiger charge is -2.25. The summed E-state index contributed by atoms with van der Waals surface area (Å²) < 4.78 is 39.9. The van der Waals surface area contributed by atoms with E-state index in [9.17, 15) is 27.7 Å².